The monoisotopic (exact) mass is 370 g/mol. The number of piperazine rings is 1. The highest BCUT2D eigenvalue weighted by atomic mass is 19.1. The molecule has 2 amide bonds. The third-order valence-electron chi connectivity index (χ3n) is 4.79. The summed E-state index contributed by atoms with van der Waals surface area (Å²) in [6, 6.07) is 13.5. The van der Waals surface area contributed by atoms with Gasteiger partial charge in [0.1, 0.15) is 11.6 Å². The van der Waals surface area contributed by atoms with Gasteiger partial charge in [0.25, 0.3) is 0 Å². The first-order valence-corrected chi connectivity index (χ1v) is 8.98. The molecule has 27 heavy (non-hydrogen) atoms. The van der Waals surface area contributed by atoms with Gasteiger partial charge in [-0.3, -0.25) is 9.59 Å². The number of ether oxygens (including phenoxy) is 1. The summed E-state index contributed by atoms with van der Waals surface area (Å²) in [7, 11) is 1.59. The lowest BCUT2D eigenvalue weighted by Crippen LogP contribution is -2.51. The molecule has 0 N–H and O–H groups in total. The SMILES string of the molecule is COc1ccccc1CC(=O)N1CCN(C(=O)Cc2ccc(F)cc2)CC1. The van der Waals surface area contributed by atoms with Crippen LogP contribution in [-0.4, -0.2) is 54.9 Å². The zero-order chi connectivity index (χ0) is 19.2. The number of methoxy groups -OCH3 is 1. The Morgan fingerprint density at radius 1 is 0.889 bits per heavy atom. The number of rotatable bonds is 5. The number of nitrogens with zero attached hydrogens (tertiary/aromatic N) is 2. The van der Waals surface area contributed by atoms with Crippen molar-refractivity contribution in [1.82, 2.24) is 9.80 Å². The first kappa shape index (κ1) is 18.9. The maximum Gasteiger partial charge on any atom is 0.227 e. The molecule has 2 aromatic rings. The van der Waals surface area contributed by atoms with Crippen LogP contribution in [0.1, 0.15) is 11.1 Å². The summed E-state index contributed by atoms with van der Waals surface area (Å²) in [6.07, 6.45) is 0.531. The molecule has 0 radical (unpaired) electrons. The summed E-state index contributed by atoms with van der Waals surface area (Å²) >= 11 is 0. The second-order valence-corrected chi connectivity index (χ2v) is 6.55. The molecule has 0 aromatic heterocycles. The zero-order valence-electron chi connectivity index (χ0n) is 15.4. The fourth-order valence-corrected chi connectivity index (χ4v) is 3.22. The Balaban J connectivity index is 1.51. The molecule has 0 saturated carbocycles. The highest BCUT2D eigenvalue weighted by Gasteiger charge is 2.24. The Morgan fingerprint density at radius 3 is 2.04 bits per heavy atom. The van der Waals surface area contributed by atoms with Crippen LogP contribution in [0.5, 0.6) is 5.75 Å². The van der Waals surface area contributed by atoms with E-state index in [9.17, 15) is 14.0 Å². The highest BCUT2D eigenvalue weighted by Crippen LogP contribution is 2.19. The molecule has 0 unspecified atom stereocenters. The number of hydrogen-bond donors (Lipinski definition) is 0. The zero-order valence-corrected chi connectivity index (χ0v) is 15.4. The topological polar surface area (TPSA) is 49.9 Å². The second-order valence-electron chi connectivity index (χ2n) is 6.55. The molecule has 5 nitrogen and oxygen atoms in total. The van der Waals surface area contributed by atoms with Gasteiger partial charge in [0.15, 0.2) is 0 Å². The molecule has 142 valence electrons. The molecule has 1 saturated heterocycles. The predicted molar refractivity (Wildman–Crippen MR) is 100.0 cm³/mol. The number of halogens is 1. The van der Waals surface area contributed by atoms with Crippen molar-refractivity contribution in [3.63, 3.8) is 0 Å². The summed E-state index contributed by atoms with van der Waals surface area (Å²) in [5.41, 5.74) is 1.65. The standard InChI is InChI=1S/C21H23FN2O3/c1-27-19-5-3-2-4-17(19)15-21(26)24-12-10-23(11-13-24)20(25)14-16-6-8-18(22)9-7-16/h2-9H,10-15H2,1H3. The molecule has 6 heteroatoms. The number of para-hydroxylation sites is 1. The average Bonchev–Trinajstić information content (AvgIpc) is 2.70. The van der Waals surface area contributed by atoms with E-state index in [1.165, 1.54) is 12.1 Å². The quantitative estimate of drug-likeness (QED) is 0.811. The molecule has 3 rings (SSSR count). The minimum absolute atomic E-state index is 0.00145. The lowest BCUT2D eigenvalue weighted by molar-refractivity contribution is -0.138. The Bertz CT molecular complexity index is 799. The van der Waals surface area contributed by atoms with Crippen LogP contribution in [0.2, 0.25) is 0 Å². The Labute approximate surface area is 158 Å². The lowest BCUT2D eigenvalue weighted by Gasteiger charge is -2.35. The molecule has 0 atom stereocenters. The van der Waals surface area contributed by atoms with Crippen LogP contribution < -0.4 is 4.74 Å². The predicted octanol–water partition coefficient (Wildman–Crippen LogP) is 2.29. The third-order valence-corrected chi connectivity index (χ3v) is 4.79. The van der Waals surface area contributed by atoms with Gasteiger partial charge in [-0.1, -0.05) is 30.3 Å². The van der Waals surface area contributed by atoms with E-state index in [0.29, 0.717) is 31.9 Å². The van der Waals surface area contributed by atoms with Crippen molar-refractivity contribution < 1.29 is 18.7 Å². The van der Waals surface area contributed by atoms with E-state index in [1.807, 2.05) is 24.3 Å². The smallest absolute Gasteiger partial charge is 0.227 e. The largest absolute Gasteiger partial charge is 0.496 e. The van der Waals surface area contributed by atoms with E-state index in [-0.39, 0.29) is 30.5 Å². The van der Waals surface area contributed by atoms with E-state index in [4.69, 9.17) is 4.74 Å². The highest BCUT2D eigenvalue weighted by molar-refractivity contribution is 5.81. The number of benzene rings is 2. The number of amides is 2. The van der Waals surface area contributed by atoms with Gasteiger partial charge in [0.2, 0.25) is 11.8 Å². The van der Waals surface area contributed by atoms with Crippen molar-refractivity contribution in [2.45, 2.75) is 12.8 Å². The van der Waals surface area contributed by atoms with Gasteiger partial charge in [0.05, 0.1) is 20.0 Å². The second kappa shape index (κ2) is 8.66. The third kappa shape index (κ3) is 4.84. The first-order chi connectivity index (χ1) is 13.1. The summed E-state index contributed by atoms with van der Waals surface area (Å²) in [6.45, 7) is 2.06. The van der Waals surface area contributed by atoms with Crippen LogP contribution >= 0.6 is 0 Å². The van der Waals surface area contributed by atoms with E-state index in [0.717, 1.165) is 11.1 Å². The Hall–Kier alpha value is -2.89. The van der Waals surface area contributed by atoms with Gasteiger partial charge in [0, 0.05) is 31.7 Å². The van der Waals surface area contributed by atoms with Crippen molar-refractivity contribution in [2.75, 3.05) is 33.3 Å². The summed E-state index contributed by atoms with van der Waals surface area (Å²) in [5.74, 6) is 0.427. The summed E-state index contributed by atoms with van der Waals surface area (Å²) in [5, 5.41) is 0. The minimum atomic E-state index is -0.312. The van der Waals surface area contributed by atoms with Gasteiger partial charge < -0.3 is 14.5 Å². The van der Waals surface area contributed by atoms with Gasteiger partial charge in [-0.05, 0) is 23.8 Å². The minimum Gasteiger partial charge on any atom is -0.496 e. The van der Waals surface area contributed by atoms with E-state index in [2.05, 4.69) is 0 Å². The van der Waals surface area contributed by atoms with Crippen LogP contribution in [0.15, 0.2) is 48.5 Å². The molecule has 2 aromatic carbocycles. The van der Waals surface area contributed by atoms with Gasteiger partial charge in [-0.25, -0.2) is 4.39 Å². The lowest BCUT2D eigenvalue weighted by atomic mass is 10.1. The van der Waals surface area contributed by atoms with E-state index >= 15 is 0 Å². The fourth-order valence-electron chi connectivity index (χ4n) is 3.22. The molecular weight excluding hydrogens is 347 g/mol. The van der Waals surface area contributed by atoms with Gasteiger partial charge in [-0.2, -0.15) is 0 Å². The van der Waals surface area contributed by atoms with Crippen molar-refractivity contribution in [1.29, 1.82) is 0 Å². The summed E-state index contributed by atoms with van der Waals surface area (Å²) in [4.78, 5) is 28.5. The van der Waals surface area contributed by atoms with Crippen LogP contribution in [0.25, 0.3) is 0 Å². The van der Waals surface area contributed by atoms with Gasteiger partial charge >= 0.3 is 0 Å². The average molecular weight is 370 g/mol. The number of hydrogen-bond acceptors (Lipinski definition) is 3. The summed E-state index contributed by atoms with van der Waals surface area (Å²) < 4.78 is 18.3. The van der Waals surface area contributed by atoms with Crippen molar-refractivity contribution in [2.24, 2.45) is 0 Å². The molecule has 0 spiro atoms. The molecule has 0 bridgehead atoms. The van der Waals surface area contributed by atoms with E-state index in [1.54, 1.807) is 29.0 Å². The normalized spacial score (nSPS) is 14.1. The molecule has 1 fully saturated rings. The van der Waals surface area contributed by atoms with E-state index < -0.39 is 0 Å². The fraction of sp³-hybridized carbons (Fsp3) is 0.333. The maximum absolute atomic E-state index is 13.0. The van der Waals surface area contributed by atoms with Crippen molar-refractivity contribution >= 4 is 11.8 Å². The number of carbonyl (C=O) groups excluding carboxylic acids is 2. The maximum atomic E-state index is 13.0. The first-order valence-electron chi connectivity index (χ1n) is 8.98. The van der Waals surface area contributed by atoms with Gasteiger partial charge in [-0.15, -0.1) is 0 Å². The Kier molecular flexibility index (Phi) is 6.06. The van der Waals surface area contributed by atoms with Crippen LogP contribution in [-0.2, 0) is 22.4 Å². The number of carbonyl (C=O) groups is 2. The molecule has 0 aliphatic carbocycles. The van der Waals surface area contributed by atoms with Crippen LogP contribution in [0.4, 0.5) is 4.39 Å². The van der Waals surface area contributed by atoms with Crippen molar-refractivity contribution in [3.05, 3.63) is 65.5 Å². The molecule has 1 aliphatic heterocycles. The van der Waals surface area contributed by atoms with Crippen molar-refractivity contribution in [3.8, 4) is 5.75 Å². The Morgan fingerprint density at radius 2 is 1.44 bits per heavy atom. The molecule has 1 aliphatic rings. The van der Waals surface area contributed by atoms with Crippen LogP contribution in [0, 0.1) is 5.82 Å². The molecular formula is C21H23FN2O3. The molecule has 1 heterocycles. The van der Waals surface area contributed by atoms with Crippen LogP contribution in [0.3, 0.4) is 0 Å².